The van der Waals surface area contributed by atoms with E-state index in [0.29, 0.717) is 30.3 Å². The van der Waals surface area contributed by atoms with Crippen LogP contribution in [-0.2, 0) is 10.8 Å². The van der Waals surface area contributed by atoms with Crippen LogP contribution in [0.4, 0.5) is 28.4 Å². The van der Waals surface area contributed by atoms with Crippen molar-refractivity contribution in [3.63, 3.8) is 0 Å². The van der Waals surface area contributed by atoms with Crippen molar-refractivity contribution in [1.29, 1.82) is 0 Å². The third-order valence-corrected chi connectivity index (χ3v) is 17.0. The molecule has 7 heteroatoms. The summed E-state index contributed by atoms with van der Waals surface area (Å²) in [7, 11) is 0.649. The summed E-state index contributed by atoms with van der Waals surface area (Å²) >= 11 is 1.85. The molecular weight excluding hydrogens is 888 g/mol. The van der Waals surface area contributed by atoms with E-state index in [4.69, 9.17) is 13.9 Å². The van der Waals surface area contributed by atoms with E-state index < -0.39 is 0 Å². The van der Waals surface area contributed by atoms with Crippen LogP contribution in [-0.4, -0.2) is 7.28 Å². The van der Waals surface area contributed by atoms with Crippen LogP contribution in [0.15, 0.2) is 168 Å². The van der Waals surface area contributed by atoms with Crippen LogP contribution >= 0.6 is 11.3 Å². The number of thiophene rings is 1. The van der Waals surface area contributed by atoms with Gasteiger partial charge in [0.1, 0.15) is 11.2 Å². The Labute approximate surface area is 418 Å². The maximum Gasteiger partial charge on any atom is 0.198 e. The van der Waals surface area contributed by atoms with Gasteiger partial charge in [0.25, 0.3) is 0 Å². The highest BCUT2D eigenvalue weighted by molar-refractivity contribution is 7.26. The number of hydrogen-bond acceptors (Lipinski definition) is 6. The van der Waals surface area contributed by atoms with Gasteiger partial charge in [-0.05, 0) is 119 Å². The van der Waals surface area contributed by atoms with Gasteiger partial charge in [-0.25, -0.2) is 0 Å². The molecule has 1 aliphatic carbocycles. The molecule has 3 aliphatic rings. The minimum atomic E-state index is -0.00602. The smallest absolute Gasteiger partial charge is 0.198 e. The lowest BCUT2D eigenvalue weighted by atomic mass is 9.57. The SMILES string of the molecule is Cc1ccc(Nc2c(-c3c4c(cc5oc6ccccc6c35)N(c3cc5c(cc3C)C(C)(C)CCC5(C)C)c3cc5c(cc3B4)Oc3ccccc3O5)ccc3c2sc2ccccc23)c(-c2ccccc2)c1. The molecule has 11 aromatic rings. The van der Waals surface area contributed by atoms with Crippen molar-refractivity contribution in [3.05, 3.63) is 186 Å². The van der Waals surface area contributed by atoms with E-state index in [9.17, 15) is 0 Å². The Balaban J connectivity index is 1.09. The molecule has 0 saturated carbocycles. The van der Waals surface area contributed by atoms with Crippen LogP contribution in [0.1, 0.15) is 62.8 Å². The van der Waals surface area contributed by atoms with Crippen LogP contribution < -0.4 is 30.6 Å². The lowest BCUT2D eigenvalue weighted by Gasteiger charge is -2.44. The van der Waals surface area contributed by atoms with Crippen molar-refractivity contribution in [2.24, 2.45) is 0 Å². The number of benzene rings is 9. The third-order valence-electron chi connectivity index (χ3n) is 15.8. The molecular formula is C64H51BN2O3S. The molecule has 0 unspecified atom stereocenters. The number of nitrogens with zero attached hydrogens (tertiary/aromatic N) is 1. The summed E-state index contributed by atoms with van der Waals surface area (Å²) in [5.74, 6) is 2.85. The highest BCUT2D eigenvalue weighted by atomic mass is 32.1. The molecule has 0 fully saturated rings. The number of furan rings is 1. The molecule has 0 saturated heterocycles. The maximum atomic E-state index is 7.06. The molecule has 4 heterocycles. The number of ether oxygens (including phenoxy) is 2. The maximum absolute atomic E-state index is 7.06. The van der Waals surface area contributed by atoms with Gasteiger partial charge in [-0.1, -0.05) is 142 Å². The van der Waals surface area contributed by atoms with E-state index in [2.05, 4.69) is 191 Å². The number of fused-ring (bicyclic) bond motifs is 11. The summed E-state index contributed by atoms with van der Waals surface area (Å²) in [6.45, 7) is 14.1. The average molecular weight is 939 g/mol. The van der Waals surface area contributed by atoms with Crippen LogP contribution in [0.2, 0.25) is 0 Å². The van der Waals surface area contributed by atoms with Gasteiger partial charge >= 0.3 is 0 Å². The Bertz CT molecular complexity index is 4050. The van der Waals surface area contributed by atoms with Gasteiger partial charge < -0.3 is 24.1 Å². The number of anilines is 5. The van der Waals surface area contributed by atoms with Crippen LogP contribution in [0.3, 0.4) is 0 Å². The molecule has 5 nitrogen and oxygen atoms in total. The number of para-hydroxylation sites is 3. The molecule has 2 aliphatic heterocycles. The molecule has 1 N–H and O–H groups in total. The molecule has 14 rings (SSSR count). The fourth-order valence-electron chi connectivity index (χ4n) is 12.0. The zero-order valence-corrected chi connectivity index (χ0v) is 41.6. The minimum Gasteiger partial charge on any atom is -0.456 e. The molecule has 0 amide bonds. The normalized spacial score (nSPS) is 15.0. The summed E-state index contributed by atoms with van der Waals surface area (Å²) < 4.78 is 22.9. The van der Waals surface area contributed by atoms with Crippen LogP contribution in [0, 0.1) is 13.8 Å². The molecule has 0 spiro atoms. The first-order chi connectivity index (χ1) is 34.5. The first-order valence-corrected chi connectivity index (χ1v) is 25.7. The van der Waals surface area contributed by atoms with Crippen molar-refractivity contribution in [2.45, 2.75) is 65.2 Å². The van der Waals surface area contributed by atoms with E-state index in [-0.39, 0.29) is 10.8 Å². The Morgan fingerprint density at radius 3 is 2.04 bits per heavy atom. The van der Waals surface area contributed by atoms with E-state index in [1.54, 1.807) is 0 Å². The predicted octanol–water partition coefficient (Wildman–Crippen LogP) is 17.1. The topological polar surface area (TPSA) is 46.9 Å². The average Bonchev–Trinajstić information content (AvgIpc) is 3.95. The Hall–Kier alpha value is -7.74. The van der Waals surface area contributed by atoms with E-state index in [0.717, 1.165) is 85.4 Å². The molecule has 344 valence electrons. The van der Waals surface area contributed by atoms with Crippen molar-refractivity contribution in [2.75, 3.05) is 10.2 Å². The van der Waals surface area contributed by atoms with Crippen molar-refractivity contribution < 1.29 is 13.9 Å². The molecule has 71 heavy (non-hydrogen) atoms. The second-order valence-electron chi connectivity index (χ2n) is 21.3. The zero-order chi connectivity index (χ0) is 47.9. The second kappa shape index (κ2) is 15.4. The Morgan fingerprint density at radius 1 is 0.563 bits per heavy atom. The highest BCUT2D eigenvalue weighted by Crippen LogP contribution is 2.54. The molecule has 2 aromatic heterocycles. The standard InChI is InChI=1S/C64H51BN2O3S/c1-36-24-27-47(43(30-36)38-16-8-7-9-17-38)66-61-42(26-25-40-39-18-11-15-23-57(39)71-62(40)61)59-58-41-19-10-12-20-51(41)68-56(58)35-50-60(59)65-46-33-54-55(70-53-22-14-13-21-52(53)69-54)34-49(46)67(50)48-32-45-44(31-37(48)2)63(3,4)28-29-64(45,5)6/h7-27,30-35,65-66H,28-29H2,1-6H3. The van der Waals surface area contributed by atoms with Gasteiger partial charge in [0, 0.05) is 72.3 Å². The van der Waals surface area contributed by atoms with Gasteiger partial charge in [0.15, 0.2) is 30.3 Å². The monoisotopic (exact) mass is 938 g/mol. The van der Waals surface area contributed by atoms with E-state index in [1.165, 1.54) is 53.5 Å². The summed E-state index contributed by atoms with van der Waals surface area (Å²) in [6, 6.07) is 59.3. The molecule has 0 atom stereocenters. The predicted molar refractivity (Wildman–Crippen MR) is 300 cm³/mol. The molecule has 9 aromatic carbocycles. The van der Waals surface area contributed by atoms with Crippen molar-refractivity contribution in [3.8, 4) is 45.3 Å². The van der Waals surface area contributed by atoms with Gasteiger partial charge in [-0.15, -0.1) is 11.3 Å². The quantitative estimate of drug-likeness (QED) is 0.174. The second-order valence-corrected chi connectivity index (χ2v) is 22.3. The first-order valence-electron chi connectivity index (χ1n) is 24.9. The highest BCUT2D eigenvalue weighted by Gasteiger charge is 2.40. The van der Waals surface area contributed by atoms with Gasteiger partial charge in [0.05, 0.1) is 10.4 Å². The van der Waals surface area contributed by atoms with Gasteiger partial charge in [-0.3, -0.25) is 0 Å². The number of nitrogens with one attached hydrogen (secondary N) is 1. The van der Waals surface area contributed by atoms with E-state index >= 15 is 0 Å². The number of rotatable bonds is 5. The number of aryl methyl sites for hydroxylation is 2. The summed E-state index contributed by atoms with van der Waals surface area (Å²) in [6.07, 6.45) is 2.27. The fraction of sp³-hybridized carbons (Fsp3) is 0.156. The zero-order valence-electron chi connectivity index (χ0n) is 40.8. The Kier molecular flexibility index (Phi) is 9.14. The van der Waals surface area contributed by atoms with Crippen LogP contribution in [0.25, 0.3) is 64.4 Å². The molecule has 0 radical (unpaired) electrons. The first kappa shape index (κ1) is 42.2. The lowest BCUT2D eigenvalue weighted by Crippen LogP contribution is -2.41. The van der Waals surface area contributed by atoms with E-state index in [1.807, 2.05) is 35.6 Å². The Morgan fingerprint density at radius 2 is 1.25 bits per heavy atom. The van der Waals surface area contributed by atoms with Crippen molar-refractivity contribution >= 4 is 100 Å². The third kappa shape index (κ3) is 6.52. The molecule has 0 bridgehead atoms. The van der Waals surface area contributed by atoms with Crippen LogP contribution in [0.5, 0.6) is 23.0 Å². The largest absolute Gasteiger partial charge is 0.456 e. The summed E-state index contributed by atoms with van der Waals surface area (Å²) in [4.78, 5) is 2.51. The number of hydrogen-bond donors (Lipinski definition) is 1. The fourth-order valence-corrected chi connectivity index (χ4v) is 13.2. The summed E-state index contributed by atoms with van der Waals surface area (Å²) in [5.41, 5.74) is 19.5. The van der Waals surface area contributed by atoms with Crippen molar-refractivity contribution in [1.82, 2.24) is 0 Å². The summed E-state index contributed by atoms with van der Waals surface area (Å²) in [5, 5.41) is 8.87. The van der Waals surface area contributed by atoms with Gasteiger partial charge in [-0.2, -0.15) is 0 Å². The lowest BCUT2D eigenvalue weighted by molar-refractivity contribution is 0.332. The minimum absolute atomic E-state index is 0.00602. The van der Waals surface area contributed by atoms with Gasteiger partial charge in [0.2, 0.25) is 0 Å².